The van der Waals surface area contributed by atoms with Crippen LogP contribution in [0.25, 0.3) is 10.8 Å². The normalized spacial score (nSPS) is 12.1. The monoisotopic (exact) mass is 260 g/mol. The fourth-order valence-corrected chi connectivity index (χ4v) is 1.76. The first-order chi connectivity index (χ1) is 9.00. The maximum atomic E-state index is 11.1. The minimum absolute atomic E-state index is 0.00493. The third-order valence-electron chi connectivity index (χ3n) is 2.79. The lowest BCUT2D eigenvalue weighted by atomic mass is 10.1. The Balaban J connectivity index is 2.55. The highest BCUT2D eigenvalue weighted by atomic mass is 16.6. The second-order valence-corrected chi connectivity index (χ2v) is 4.08. The van der Waals surface area contributed by atoms with Crippen LogP contribution in [0.4, 0.5) is 11.4 Å². The molecule has 19 heavy (non-hydrogen) atoms. The SMILES string of the molecule is CC(Nc1ccc([N+](=O)[O-])c2ccncc12)C(N)=O. The van der Waals surface area contributed by atoms with Crippen LogP contribution < -0.4 is 11.1 Å². The molecule has 1 atom stereocenters. The fraction of sp³-hybridized carbons (Fsp3) is 0.167. The minimum Gasteiger partial charge on any atom is -0.373 e. The largest absolute Gasteiger partial charge is 0.373 e. The molecule has 0 aliphatic rings. The molecule has 0 saturated heterocycles. The van der Waals surface area contributed by atoms with Crippen molar-refractivity contribution in [1.29, 1.82) is 0 Å². The van der Waals surface area contributed by atoms with Gasteiger partial charge in [0.05, 0.1) is 10.3 Å². The number of hydrogen-bond acceptors (Lipinski definition) is 5. The third kappa shape index (κ3) is 2.44. The van der Waals surface area contributed by atoms with Crippen LogP contribution in [0, 0.1) is 10.1 Å². The molecule has 1 aromatic carbocycles. The highest BCUT2D eigenvalue weighted by Crippen LogP contribution is 2.30. The molecule has 7 nitrogen and oxygen atoms in total. The summed E-state index contributed by atoms with van der Waals surface area (Å²) in [4.78, 5) is 25.5. The van der Waals surface area contributed by atoms with E-state index < -0.39 is 16.9 Å². The molecule has 3 N–H and O–H groups in total. The number of nitrogens with one attached hydrogen (secondary N) is 1. The number of hydrogen-bond donors (Lipinski definition) is 2. The number of nitro benzene ring substituents is 1. The van der Waals surface area contributed by atoms with Crippen molar-refractivity contribution in [3.8, 4) is 0 Å². The lowest BCUT2D eigenvalue weighted by Gasteiger charge is -2.13. The number of nitrogens with zero attached hydrogens (tertiary/aromatic N) is 2. The Morgan fingerprint density at radius 1 is 1.42 bits per heavy atom. The number of amides is 1. The van der Waals surface area contributed by atoms with E-state index in [0.717, 1.165) is 0 Å². The number of benzene rings is 1. The number of nitro groups is 1. The van der Waals surface area contributed by atoms with Gasteiger partial charge >= 0.3 is 0 Å². The Hall–Kier alpha value is -2.70. The number of pyridine rings is 1. The molecule has 1 unspecified atom stereocenters. The first-order valence-electron chi connectivity index (χ1n) is 5.57. The van der Waals surface area contributed by atoms with E-state index in [1.54, 1.807) is 19.1 Å². The molecule has 1 aromatic heterocycles. The Labute approximate surface area is 108 Å². The molecule has 1 heterocycles. The van der Waals surface area contributed by atoms with Crippen molar-refractivity contribution < 1.29 is 9.72 Å². The summed E-state index contributed by atoms with van der Waals surface area (Å²) in [6, 6.07) is 3.91. The van der Waals surface area contributed by atoms with Gasteiger partial charge in [-0.3, -0.25) is 19.9 Å². The van der Waals surface area contributed by atoms with E-state index in [-0.39, 0.29) is 5.69 Å². The average Bonchev–Trinajstić information content (AvgIpc) is 2.38. The Kier molecular flexibility index (Phi) is 3.28. The molecular weight excluding hydrogens is 248 g/mol. The van der Waals surface area contributed by atoms with Crippen molar-refractivity contribution in [2.45, 2.75) is 13.0 Å². The smallest absolute Gasteiger partial charge is 0.277 e. The van der Waals surface area contributed by atoms with Gasteiger partial charge in [-0.05, 0) is 19.1 Å². The van der Waals surface area contributed by atoms with Crippen molar-refractivity contribution in [3.05, 3.63) is 40.7 Å². The molecule has 0 spiro atoms. The van der Waals surface area contributed by atoms with E-state index in [0.29, 0.717) is 16.5 Å². The molecule has 0 saturated carbocycles. The van der Waals surface area contributed by atoms with Gasteiger partial charge in [0.1, 0.15) is 6.04 Å². The maximum Gasteiger partial charge on any atom is 0.277 e. The number of fused-ring (bicyclic) bond motifs is 1. The van der Waals surface area contributed by atoms with Crippen molar-refractivity contribution in [3.63, 3.8) is 0 Å². The molecular formula is C12H12N4O3. The van der Waals surface area contributed by atoms with E-state index in [1.807, 2.05) is 0 Å². The number of nitrogens with two attached hydrogens (primary N) is 1. The first kappa shape index (κ1) is 12.7. The van der Waals surface area contributed by atoms with Gasteiger partial charge in [0, 0.05) is 29.5 Å². The number of primary amides is 1. The molecule has 2 rings (SSSR count). The van der Waals surface area contributed by atoms with Crippen LogP contribution in [-0.2, 0) is 4.79 Å². The van der Waals surface area contributed by atoms with Gasteiger partial charge in [0.15, 0.2) is 0 Å². The Morgan fingerprint density at radius 3 is 2.79 bits per heavy atom. The van der Waals surface area contributed by atoms with Crippen molar-refractivity contribution in [2.75, 3.05) is 5.32 Å². The van der Waals surface area contributed by atoms with Gasteiger partial charge < -0.3 is 11.1 Å². The summed E-state index contributed by atoms with van der Waals surface area (Å²) in [6.07, 6.45) is 3.00. The van der Waals surface area contributed by atoms with Crippen LogP contribution in [0.2, 0.25) is 0 Å². The molecule has 0 radical (unpaired) electrons. The highest BCUT2D eigenvalue weighted by Gasteiger charge is 2.16. The quantitative estimate of drug-likeness (QED) is 0.638. The number of carbonyl (C=O) groups is 1. The van der Waals surface area contributed by atoms with E-state index in [2.05, 4.69) is 10.3 Å². The van der Waals surface area contributed by atoms with Gasteiger partial charge in [-0.1, -0.05) is 0 Å². The molecule has 1 amide bonds. The molecule has 2 aromatic rings. The number of carbonyl (C=O) groups excluding carboxylic acids is 1. The summed E-state index contributed by atoms with van der Waals surface area (Å²) >= 11 is 0. The van der Waals surface area contributed by atoms with Crippen LogP contribution in [0.1, 0.15) is 6.92 Å². The Bertz CT molecular complexity index is 656. The predicted octanol–water partition coefficient (Wildman–Crippen LogP) is 1.43. The Morgan fingerprint density at radius 2 is 2.16 bits per heavy atom. The van der Waals surface area contributed by atoms with Crippen LogP contribution in [0.5, 0.6) is 0 Å². The second-order valence-electron chi connectivity index (χ2n) is 4.08. The maximum absolute atomic E-state index is 11.1. The van der Waals surface area contributed by atoms with Crippen molar-refractivity contribution in [1.82, 2.24) is 4.98 Å². The summed E-state index contributed by atoms with van der Waals surface area (Å²) in [5, 5.41) is 14.9. The van der Waals surface area contributed by atoms with Gasteiger partial charge in [-0.2, -0.15) is 0 Å². The van der Waals surface area contributed by atoms with Gasteiger partial charge in [-0.15, -0.1) is 0 Å². The lowest BCUT2D eigenvalue weighted by molar-refractivity contribution is -0.383. The van der Waals surface area contributed by atoms with E-state index in [4.69, 9.17) is 5.73 Å². The second kappa shape index (κ2) is 4.89. The lowest BCUT2D eigenvalue weighted by Crippen LogP contribution is -2.32. The third-order valence-corrected chi connectivity index (χ3v) is 2.79. The molecule has 0 bridgehead atoms. The zero-order chi connectivity index (χ0) is 14.0. The standard InChI is InChI=1S/C12H12N4O3/c1-7(12(13)17)15-10-2-3-11(16(18)19)8-4-5-14-6-9(8)10/h2-7,15H,1H3,(H2,13,17). The van der Waals surface area contributed by atoms with Gasteiger partial charge in [0.25, 0.3) is 5.69 Å². The first-order valence-corrected chi connectivity index (χ1v) is 5.57. The average molecular weight is 260 g/mol. The minimum atomic E-state index is -0.579. The van der Waals surface area contributed by atoms with E-state index >= 15 is 0 Å². The number of non-ortho nitro benzene ring substituents is 1. The number of anilines is 1. The zero-order valence-electron chi connectivity index (χ0n) is 10.2. The van der Waals surface area contributed by atoms with Gasteiger partial charge in [-0.25, -0.2) is 0 Å². The summed E-state index contributed by atoms with van der Waals surface area (Å²) in [5.74, 6) is -0.504. The summed E-state index contributed by atoms with van der Waals surface area (Å²) in [5.41, 5.74) is 5.76. The van der Waals surface area contributed by atoms with Crippen molar-refractivity contribution in [2.24, 2.45) is 5.73 Å². The summed E-state index contributed by atoms with van der Waals surface area (Å²) in [6.45, 7) is 1.62. The van der Waals surface area contributed by atoms with Gasteiger partial charge in [0.2, 0.25) is 5.91 Å². The molecule has 7 heteroatoms. The topological polar surface area (TPSA) is 111 Å². The van der Waals surface area contributed by atoms with Crippen LogP contribution in [0.15, 0.2) is 30.6 Å². The van der Waals surface area contributed by atoms with Crippen LogP contribution >= 0.6 is 0 Å². The molecule has 0 fully saturated rings. The highest BCUT2D eigenvalue weighted by molar-refractivity contribution is 6.00. The number of aromatic nitrogens is 1. The summed E-state index contributed by atoms with van der Waals surface area (Å²) < 4.78 is 0. The zero-order valence-corrected chi connectivity index (χ0v) is 10.2. The van der Waals surface area contributed by atoms with Crippen LogP contribution in [-0.4, -0.2) is 21.9 Å². The van der Waals surface area contributed by atoms with Crippen LogP contribution in [0.3, 0.4) is 0 Å². The summed E-state index contributed by atoms with van der Waals surface area (Å²) in [7, 11) is 0. The fourth-order valence-electron chi connectivity index (χ4n) is 1.76. The van der Waals surface area contributed by atoms with E-state index in [9.17, 15) is 14.9 Å². The van der Waals surface area contributed by atoms with Crippen molar-refractivity contribution >= 4 is 28.1 Å². The molecule has 98 valence electrons. The number of rotatable bonds is 4. The van der Waals surface area contributed by atoms with E-state index in [1.165, 1.54) is 18.5 Å². The predicted molar refractivity (Wildman–Crippen MR) is 70.7 cm³/mol. The molecule has 0 aliphatic carbocycles. The molecule has 0 aliphatic heterocycles.